The van der Waals surface area contributed by atoms with Gasteiger partial charge < -0.3 is 5.32 Å². The summed E-state index contributed by atoms with van der Waals surface area (Å²) >= 11 is 1.02. The summed E-state index contributed by atoms with van der Waals surface area (Å²) in [5, 5.41) is 11.0. The molecular weight excluding hydrogens is 439 g/mol. The fraction of sp³-hybridized carbons (Fsp3) is 0.286. The molecule has 162 valence electrons. The van der Waals surface area contributed by atoms with Gasteiger partial charge in [-0.25, -0.2) is 12.8 Å². The first kappa shape index (κ1) is 21.5. The van der Waals surface area contributed by atoms with E-state index in [9.17, 15) is 17.6 Å². The molecule has 1 amide bonds. The van der Waals surface area contributed by atoms with E-state index in [2.05, 4.69) is 15.5 Å². The molecule has 7 nitrogen and oxygen atoms in total. The summed E-state index contributed by atoms with van der Waals surface area (Å²) < 4.78 is 41.7. The van der Waals surface area contributed by atoms with Crippen LogP contribution in [0.3, 0.4) is 0 Å². The lowest BCUT2D eigenvalue weighted by atomic mass is 10.1. The van der Waals surface area contributed by atoms with Crippen molar-refractivity contribution in [1.29, 1.82) is 0 Å². The smallest absolute Gasteiger partial charge is 0.286 e. The summed E-state index contributed by atoms with van der Waals surface area (Å²) in [7, 11) is -3.72. The van der Waals surface area contributed by atoms with Crippen molar-refractivity contribution in [2.75, 3.05) is 11.9 Å². The highest BCUT2D eigenvalue weighted by Crippen LogP contribution is 2.38. The van der Waals surface area contributed by atoms with Gasteiger partial charge in [-0.05, 0) is 62.1 Å². The third kappa shape index (κ3) is 4.23. The third-order valence-corrected chi connectivity index (χ3v) is 8.26. The van der Waals surface area contributed by atoms with Gasteiger partial charge in [0.1, 0.15) is 10.8 Å². The maximum atomic E-state index is 13.8. The maximum Gasteiger partial charge on any atom is 0.286 e. The molecule has 0 bridgehead atoms. The van der Waals surface area contributed by atoms with E-state index in [4.69, 9.17) is 0 Å². The van der Waals surface area contributed by atoms with E-state index >= 15 is 0 Å². The second-order valence-electron chi connectivity index (χ2n) is 7.40. The van der Waals surface area contributed by atoms with Crippen molar-refractivity contribution < 1.29 is 17.6 Å². The number of carbonyl (C=O) groups is 1. The van der Waals surface area contributed by atoms with Crippen molar-refractivity contribution in [1.82, 2.24) is 14.5 Å². The van der Waals surface area contributed by atoms with E-state index in [1.807, 2.05) is 13.8 Å². The average molecular weight is 461 g/mol. The maximum absolute atomic E-state index is 13.8. The summed E-state index contributed by atoms with van der Waals surface area (Å²) in [4.78, 5) is 12.7. The van der Waals surface area contributed by atoms with Crippen LogP contribution in [0.5, 0.6) is 0 Å². The zero-order chi connectivity index (χ0) is 22.2. The Morgan fingerprint density at radius 3 is 2.68 bits per heavy atom. The van der Waals surface area contributed by atoms with Gasteiger partial charge in [0.05, 0.1) is 16.6 Å². The Bertz CT molecular complexity index is 1240. The second kappa shape index (κ2) is 8.45. The van der Waals surface area contributed by atoms with Crippen LogP contribution in [0.1, 0.15) is 44.8 Å². The molecule has 1 saturated heterocycles. The summed E-state index contributed by atoms with van der Waals surface area (Å²) in [6.45, 7) is 4.18. The fourth-order valence-electron chi connectivity index (χ4n) is 3.48. The minimum Gasteiger partial charge on any atom is -0.317 e. The van der Waals surface area contributed by atoms with Crippen LogP contribution in [0, 0.1) is 19.7 Å². The molecule has 1 atom stereocenters. The molecule has 10 heteroatoms. The van der Waals surface area contributed by atoms with E-state index in [0.29, 0.717) is 24.4 Å². The van der Waals surface area contributed by atoms with Gasteiger partial charge in [-0.2, -0.15) is 4.31 Å². The first-order chi connectivity index (χ1) is 14.8. The molecule has 0 radical (unpaired) electrons. The Labute approximate surface area is 184 Å². The summed E-state index contributed by atoms with van der Waals surface area (Å²) in [6, 6.07) is 10.4. The lowest BCUT2D eigenvalue weighted by molar-refractivity contribution is 0.102. The molecule has 1 fully saturated rings. The molecule has 1 unspecified atom stereocenters. The van der Waals surface area contributed by atoms with Gasteiger partial charge in [0.2, 0.25) is 15.0 Å². The number of hydrogen-bond acceptors (Lipinski definition) is 6. The number of carbonyl (C=O) groups excluding carboxylic acids is 1. The highest BCUT2D eigenvalue weighted by molar-refractivity contribution is 7.89. The van der Waals surface area contributed by atoms with Crippen molar-refractivity contribution in [3.8, 4) is 0 Å². The van der Waals surface area contributed by atoms with Crippen molar-refractivity contribution in [3.05, 3.63) is 69.4 Å². The van der Waals surface area contributed by atoms with E-state index in [1.165, 1.54) is 22.5 Å². The van der Waals surface area contributed by atoms with E-state index < -0.39 is 27.8 Å². The number of hydrogen-bond donors (Lipinski definition) is 1. The highest BCUT2D eigenvalue weighted by Gasteiger charge is 2.38. The van der Waals surface area contributed by atoms with Crippen LogP contribution in [-0.2, 0) is 10.0 Å². The number of nitrogens with zero attached hydrogens (tertiary/aromatic N) is 3. The number of sulfonamides is 1. The van der Waals surface area contributed by atoms with Gasteiger partial charge in [0, 0.05) is 6.54 Å². The molecule has 1 aliphatic rings. The van der Waals surface area contributed by atoms with E-state index in [1.54, 1.807) is 24.3 Å². The van der Waals surface area contributed by atoms with Gasteiger partial charge in [0.15, 0.2) is 0 Å². The monoisotopic (exact) mass is 460 g/mol. The van der Waals surface area contributed by atoms with E-state index in [-0.39, 0.29) is 15.6 Å². The first-order valence-corrected chi connectivity index (χ1v) is 12.0. The Morgan fingerprint density at radius 1 is 1.16 bits per heavy atom. The topological polar surface area (TPSA) is 92.3 Å². The number of amides is 1. The number of rotatable bonds is 5. The van der Waals surface area contributed by atoms with Crippen molar-refractivity contribution >= 4 is 33.0 Å². The molecule has 2 heterocycles. The Balaban J connectivity index is 1.57. The minimum atomic E-state index is -3.72. The van der Waals surface area contributed by atoms with Crippen LogP contribution < -0.4 is 5.32 Å². The summed E-state index contributed by atoms with van der Waals surface area (Å²) in [6.07, 6.45) is 1.28. The number of aromatic nitrogens is 2. The average Bonchev–Trinajstić information content (AvgIpc) is 3.41. The lowest BCUT2D eigenvalue weighted by Gasteiger charge is -2.22. The van der Waals surface area contributed by atoms with Crippen molar-refractivity contribution in [2.24, 2.45) is 0 Å². The zero-order valence-corrected chi connectivity index (χ0v) is 18.6. The Morgan fingerprint density at radius 2 is 1.94 bits per heavy atom. The fourth-order valence-corrected chi connectivity index (χ4v) is 6.18. The highest BCUT2D eigenvalue weighted by atomic mass is 32.2. The van der Waals surface area contributed by atoms with Crippen LogP contribution in [0.2, 0.25) is 0 Å². The molecule has 1 aromatic heterocycles. The van der Waals surface area contributed by atoms with Gasteiger partial charge >= 0.3 is 0 Å². The molecule has 0 spiro atoms. The Hall–Kier alpha value is -2.69. The molecular formula is C21H21FN4O3S2. The van der Waals surface area contributed by atoms with E-state index in [0.717, 1.165) is 22.5 Å². The minimum absolute atomic E-state index is 0.0454. The largest absolute Gasteiger partial charge is 0.317 e. The Kier molecular flexibility index (Phi) is 5.87. The summed E-state index contributed by atoms with van der Waals surface area (Å²) in [5.74, 6) is -1.14. The molecule has 0 saturated carbocycles. The van der Waals surface area contributed by atoms with Crippen LogP contribution in [0.25, 0.3) is 0 Å². The number of nitrogens with one attached hydrogen (secondary N) is 1. The summed E-state index contributed by atoms with van der Waals surface area (Å²) in [5.41, 5.74) is 1.97. The molecule has 0 aliphatic carbocycles. The predicted octanol–water partition coefficient (Wildman–Crippen LogP) is 4.07. The lowest BCUT2D eigenvalue weighted by Crippen LogP contribution is -2.30. The first-order valence-electron chi connectivity index (χ1n) is 9.76. The van der Waals surface area contributed by atoms with Gasteiger partial charge in [-0.15, -0.1) is 10.2 Å². The number of benzene rings is 2. The van der Waals surface area contributed by atoms with Crippen molar-refractivity contribution in [2.45, 2.75) is 37.6 Å². The van der Waals surface area contributed by atoms with Gasteiger partial charge in [-0.3, -0.25) is 4.79 Å². The van der Waals surface area contributed by atoms with Crippen LogP contribution in [0.15, 0.2) is 47.4 Å². The number of anilines is 1. The molecule has 31 heavy (non-hydrogen) atoms. The van der Waals surface area contributed by atoms with Crippen LogP contribution in [0.4, 0.5) is 10.1 Å². The van der Waals surface area contributed by atoms with Gasteiger partial charge in [0.25, 0.3) is 5.91 Å². The molecule has 4 rings (SSSR count). The molecule has 1 N–H and O–H groups in total. The number of para-hydroxylation sites is 1. The predicted molar refractivity (Wildman–Crippen MR) is 116 cm³/mol. The number of halogens is 1. The molecule has 2 aromatic carbocycles. The normalized spacial score (nSPS) is 17.1. The molecule has 3 aromatic rings. The third-order valence-electron chi connectivity index (χ3n) is 5.33. The SMILES string of the molecule is Cc1ccc(S(=O)(=O)N2CCCC2c2nnc(C(=O)Nc3ccccc3F)s2)cc1C. The quantitative estimate of drug-likeness (QED) is 0.620. The number of aryl methyl sites for hydroxylation is 2. The van der Waals surface area contributed by atoms with Crippen LogP contribution >= 0.6 is 11.3 Å². The zero-order valence-electron chi connectivity index (χ0n) is 17.0. The van der Waals surface area contributed by atoms with Gasteiger partial charge in [-0.1, -0.05) is 29.5 Å². The van der Waals surface area contributed by atoms with Crippen LogP contribution in [-0.4, -0.2) is 35.4 Å². The molecule has 1 aliphatic heterocycles. The van der Waals surface area contributed by atoms with Crippen molar-refractivity contribution in [3.63, 3.8) is 0 Å². The standard InChI is InChI=1S/C21H21FN4O3S2/c1-13-9-10-15(12-14(13)2)31(28,29)26-11-5-8-18(26)20-24-25-21(30-20)19(27)23-17-7-4-3-6-16(17)22/h3-4,6-7,9-10,12,18H,5,8,11H2,1-2H3,(H,23,27). The second-order valence-corrected chi connectivity index (χ2v) is 10.3.